The predicted molar refractivity (Wildman–Crippen MR) is 83.1 cm³/mol. The number of amides is 1. The van der Waals surface area contributed by atoms with E-state index in [0.717, 1.165) is 5.56 Å². The fraction of sp³-hybridized carbons (Fsp3) is 0.125. The second-order valence-corrected chi connectivity index (χ2v) is 4.60. The molecule has 0 aliphatic rings. The number of benzene rings is 2. The second-order valence-electron chi connectivity index (χ2n) is 4.60. The fourth-order valence-electron chi connectivity index (χ4n) is 1.65. The van der Waals surface area contributed by atoms with Crippen LogP contribution in [0.4, 0.5) is 10.1 Å². The molecule has 0 fully saturated rings. The molecule has 0 atom stereocenters. The Labute approximate surface area is 127 Å². The molecule has 0 aliphatic heterocycles. The molecule has 2 rings (SSSR count). The number of nitrogen functional groups attached to an aromatic ring is 1. The molecular weight excluding hydrogens is 285 g/mol. The van der Waals surface area contributed by atoms with E-state index in [1.807, 2.05) is 12.1 Å². The van der Waals surface area contributed by atoms with Gasteiger partial charge in [-0.25, -0.2) is 9.82 Å². The summed E-state index contributed by atoms with van der Waals surface area (Å²) in [6.45, 7) is 1.57. The van der Waals surface area contributed by atoms with Gasteiger partial charge in [0.15, 0.2) is 6.61 Å². The zero-order valence-electron chi connectivity index (χ0n) is 12.0. The number of anilines is 1. The van der Waals surface area contributed by atoms with Gasteiger partial charge in [-0.05, 0) is 48.9 Å². The topological polar surface area (TPSA) is 76.7 Å². The highest BCUT2D eigenvalue weighted by molar-refractivity contribution is 5.99. The summed E-state index contributed by atoms with van der Waals surface area (Å²) in [6, 6.07) is 12.6. The standard InChI is InChI=1S/C16H16FN3O2/c1-11(12-2-6-14(18)7-3-12)19-20-16(21)10-22-15-8-4-13(17)5-9-15/h2-9H,10,18H2,1H3,(H,20,21)/b19-11-. The molecule has 0 bridgehead atoms. The maximum absolute atomic E-state index is 12.7. The number of hydrogen-bond donors (Lipinski definition) is 2. The molecule has 22 heavy (non-hydrogen) atoms. The van der Waals surface area contributed by atoms with E-state index < -0.39 is 5.91 Å². The molecule has 0 heterocycles. The molecule has 0 spiro atoms. The molecule has 0 saturated carbocycles. The van der Waals surface area contributed by atoms with Crippen LogP contribution in [0.1, 0.15) is 12.5 Å². The summed E-state index contributed by atoms with van der Waals surface area (Å²) in [7, 11) is 0. The molecule has 0 aromatic heterocycles. The third-order valence-electron chi connectivity index (χ3n) is 2.86. The van der Waals surface area contributed by atoms with Crippen molar-refractivity contribution in [1.82, 2.24) is 5.43 Å². The molecule has 0 aliphatic carbocycles. The van der Waals surface area contributed by atoms with E-state index in [0.29, 0.717) is 17.1 Å². The Morgan fingerprint density at radius 1 is 1.18 bits per heavy atom. The molecule has 6 heteroatoms. The van der Waals surface area contributed by atoms with Gasteiger partial charge in [0, 0.05) is 5.69 Å². The van der Waals surface area contributed by atoms with Crippen LogP contribution in [0.5, 0.6) is 5.75 Å². The van der Waals surface area contributed by atoms with Crippen molar-refractivity contribution in [3.05, 3.63) is 59.9 Å². The monoisotopic (exact) mass is 301 g/mol. The molecule has 2 aromatic carbocycles. The second kappa shape index (κ2) is 7.21. The van der Waals surface area contributed by atoms with Gasteiger partial charge >= 0.3 is 0 Å². The van der Waals surface area contributed by atoms with Crippen molar-refractivity contribution < 1.29 is 13.9 Å². The number of carbonyl (C=O) groups is 1. The Kier molecular flexibility index (Phi) is 5.08. The summed E-state index contributed by atoms with van der Waals surface area (Å²) in [5.74, 6) is -0.351. The molecule has 1 amide bonds. The highest BCUT2D eigenvalue weighted by Gasteiger charge is 2.03. The Hall–Kier alpha value is -2.89. The fourth-order valence-corrected chi connectivity index (χ4v) is 1.65. The molecule has 0 radical (unpaired) electrons. The van der Waals surface area contributed by atoms with Gasteiger partial charge in [0.05, 0.1) is 5.71 Å². The Morgan fingerprint density at radius 2 is 1.82 bits per heavy atom. The first-order chi connectivity index (χ1) is 10.5. The molecule has 0 saturated heterocycles. The lowest BCUT2D eigenvalue weighted by Crippen LogP contribution is -2.25. The smallest absolute Gasteiger partial charge is 0.277 e. The average Bonchev–Trinajstić information content (AvgIpc) is 2.52. The van der Waals surface area contributed by atoms with Crippen molar-refractivity contribution in [3.63, 3.8) is 0 Å². The van der Waals surface area contributed by atoms with Crippen molar-refractivity contribution in [2.45, 2.75) is 6.92 Å². The van der Waals surface area contributed by atoms with Crippen molar-refractivity contribution in [2.75, 3.05) is 12.3 Å². The van der Waals surface area contributed by atoms with Gasteiger partial charge in [-0.2, -0.15) is 5.10 Å². The third-order valence-corrected chi connectivity index (χ3v) is 2.86. The molecular formula is C16H16FN3O2. The van der Waals surface area contributed by atoms with Gasteiger partial charge in [0.1, 0.15) is 11.6 Å². The summed E-state index contributed by atoms with van der Waals surface area (Å²) in [4.78, 5) is 11.6. The van der Waals surface area contributed by atoms with Crippen LogP contribution in [0.2, 0.25) is 0 Å². The van der Waals surface area contributed by atoms with Crippen molar-refractivity contribution in [2.24, 2.45) is 5.10 Å². The van der Waals surface area contributed by atoms with E-state index in [9.17, 15) is 9.18 Å². The molecule has 5 nitrogen and oxygen atoms in total. The quantitative estimate of drug-likeness (QED) is 0.505. The molecule has 2 aromatic rings. The zero-order valence-corrected chi connectivity index (χ0v) is 12.0. The normalized spacial score (nSPS) is 11.1. The number of carbonyl (C=O) groups excluding carboxylic acids is 1. The lowest BCUT2D eigenvalue weighted by atomic mass is 10.1. The summed E-state index contributed by atoms with van der Waals surface area (Å²) in [5, 5.41) is 3.99. The van der Waals surface area contributed by atoms with Crippen LogP contribution in [-0.4, -0.2) is 18.2 Å². The number of halogens is 1. The van der Waals surface area contributed by atoms with Crippen LogP contribution in [-0.2, 0) is 4.79 Å². The van der Waals surface area contributed by atoms with Crippen LogP contribution < -0.4 is 15.9 Å². The Balaban J connectivity index is 1.85. The van der Waals surface area contributed by atoms with Gasteiger partial charge in [-0.3, -0.25) is 4.79 Å². The lowest BCUT2D eigenvalue weighted by molar-refractivity contribution is -0.123. The molecule has 114 valence electrons. The number of hydrogen-bond acceptors (Lipinski definition) is 4. The van der Waals surface area contributed by atoms with Crippen molar-refractivity contribution >= 4 is 17.3 Å². The van der Waals surface area contributed by atoms with Crippen LogP contribution >= 0.6 is 0 Å². The van der Waals surface area contributed by atoms with E-state index in [-0.39, 0.29) is 12.4 Å². The molecule has 0 unspecified atom stereocenters. The summed E-state index contributed by atoms with van der Waals surface area (Å²) < 4.78 is 17.9. The van der Waals surface area contributed by atoms with Gasteiger partial charge < -0.3 is 10.5 Å². The third kappa shape index (κ3) is 4.59. The predicted octanol–water partition coefficient (Wildman–Crippen LogP) is 2.33. The van der Waals surface area contributed by atoms with E-state index in [1.54, 1.807) is 19.1 Å². The summed E-state index contributed by atoms with van der Waals surface area (Å²) in [5.41, 5.74) is 10.2. The number of nitrogens with zero attached hydrogens (tertiary/aromatic N) is 1. The van der Waals surface area contributed by atoms with E-state index >= 15 is 0 Å². The van der Waals surface area contributed by atoms with Crippen LogP contribution in [0, 0.1) is 5.82 Å². The highest BCUT2D eigenvalue weighted by atomic mass is 19.1. The number of nitrogens with two attached hydrogens (primary N) is 1. The first kappa shape index (κ1) is 15.5. The van der Waals surface area contributed by atoms with E-state index in [4.69, 9.17) is 10.5 Å². The largest absolute Gasteiger partial charge is 0.484 e. The zero-order chi connectivity index (χ0) is 15.9. The maximum atomic E-state index is 12.7. The number of hydrazone groups is 1. The highest BCUT2D eigenvalue weighted by Crippen LogP contribution is 2.10. The minimum atomic E-state index is -0.404. The van der Waals surface area contributed by atoms with Gasteiger partial charge in [-0.1, -0.05) is 12.1 Å². The van der Waals surface area contributed by atoms with E-state index in [2.05, 4.69) is 10.5 Å². The number of nitrogens with one attached hydrogen (secondary N) is 1. The molecule has 3 N–H and O–H groups in total. The number of ether oxygens (including phenoxy) is 1. The van der Waals surface area contributed by atoms with Gasteiger partial charge in [0.2, 0.25) is 0 Å². The van der Waals surface area contributed by atoms with Crippen molar-refractivity contribution in [3.8, 4) is 5.75 Å². The maximum Gasteiger partial charge on any atom is 0.277 e. The van der Waals surface area contributed by atoms with Gasteiger partial charge in [-0.15, -0.1) is 0 Å². The van der Waals surface area contributed by atoms with Crippen molar-refractivity contribution in [1.29, 1.82) is 0 Å². The summed E-state index contributed by atoms with van der Waals surface area (Å²) >= 11 is 0. The summed E-state index contributed by atoms with van der Waals surface area (Å²) in [6.07, 6.45) is 0. The van der Waals surface area contributed by atoms with E-state index in [1.165, 1.54) is 24.3 Å². The number of rotatable bonds is 5. The Bertz CT molecular complexity index is 667. The lowest BCUT2D eigenvalue weighted by Gasteiger charge is -2.06. The van der Waals surface area contributed by atoms with Gasteiger partial charge in [0.25, 0.3) is 5.91 Å². The first-order valence-electron chi connectivity index (χ1n) is 6.62. The minimum absolute atomic E-state index is 0.204. The minimum Gasteiger partial charge on any atom is -0.484 e. The first-order valence-corrected chi connectivity index (χ1v) is 6.62. The Morgan fingerprint density at radius 3 is 2.45 bits per heavy atom. The van der Waals surface area contributed by atoms with Crippen LogP contribution in [0.25, 0.3) is 0 Å². The average molecular weight is 301 g/mol. The van der Waals surface area contributed by atoms with Crippen LogP contribution in [0.3, 0.4) is 0 Å². The SMILES string of the molecule is C/C(=N/NC(=O)COc1ccc(F)cc1)c1ccc(N)cc1. The van der Waals surface area contributed by atoms with Crippen LogP contribution in [0.15, 0.2) is 53.6 Å².